The summed E-state index contributed by atoms with van der Waals surface area (Å²) < 4.78 is 27.7. The Morgan fingerprint density at radius 1 is 1.33 bits per heavy atom. The third-order valence-corrected chi connectivity index (χ3v) is 3.15. The van der Waals surface area contributed by atoms with Gasteiger partial charge < -0.3 is 0 Å². The van der Waals surface area contributed by atoms with Crippen molar-refractivity contribution in [3.63, 3.8) is 0 Å². The van der Waals surface area contributed by atoms with E-state index >= 15 is 0 Å². The summed E-state index contributed by atoms with van der Waals surface area (Å²) in [5.41, 5.74) is 0.960. The molecule has 1 aromatic carbocycles. The van der Waals surface area contributed by atoms with Gasteiger partial charge in [-0.1, -0.05) is 17.7 Å². The fourth-order valence-electron chi connectivity index (χ4n) is 0.972. The molecule has 15 heavy (non-hydrogen) atoms. The zero-order valence-electron chi connectivity index (χ0n) is 8.47. The van der Waals surface area contributed by atoms with Gasteiger partial charge in [0, 0.05) is 0 Å². The molecule has 80 valence electrons. The highest BCUT2D eigenvalue weighted by Gasteiger charge is 2.18. The number of hydrogen-bond acceptors (Lipinski definition) is 4. The summed E-state index contributed by atoms with van der Waals surface area (Å²) in [6.07, 6.45) is -0.976. The minimum absolute atomic E-state index is 0.0650. The average Bonchev–Trinajstić information content (AvgIpc) is 2.17. The van der Waals surface area contributed by atoms with Crippen LogP contribution in [0.25, 0.3) is 0 Å². The van der Waals surface area contributed by atoms with Gasteiger partial charge >= 0.3 is 0 Å². The van der Waals surface area contributed by atoms with Crippen molar-refractivity contribution in [2.24, 2.45) is 0 Å². The molecular weight excluding hydrogens is 214 g/mol. The number of nitrogens with zero attached hydrogens (tertiary/aromatic N) is 1. The molecular formula is C10H11NO3S. The summed E-state index contributed by atoms with van der Waals surface area (Å²) in [4.78, 5) is 0.0650. The molecule has 0 aromatic heterocycles. The Morgan fingerprint density at radius 2 is 1.87 bits per heavy atom. The minimum atomic E-state index is -3.81. The summed E-state index contributed by atoms with van der Waals surface area (Å²) in [5.74, 6) is 0. The summed E-state index contributed by atoms with van der Waals surface area (Å²) in [5, 5.41) is 8.45. The lowest BCUT2D eigenvalue weighted by Crippen LogP contribution is -2.13. The fourth-order valence-corrected chi connectivity index (χ4v) is 1.98. The molecule has 1 atom stereocenters. The number of nitriles is 1. The molecule has 0 fully saturated rings. The second-order valence-electron chi connectivity index (χ2n) is 3.13. The van der Waals surface area contributed by atoms with Gasteiger partial charge in [0.25, 0.3) is 10.1 Å². The molecule has 1 unspecified atom stereocenters. The van der Waals surface area contributed by atoms with Crippen LogP contribution in [0.4, 0.5) is 0 Å². The minimum Gasteiger partial charge on any atom is -0.248 e. The monoisotopic (exact) mass is 225 g/mol. The van der Waals surface area contributed by atoms with Crippen LogP contribution in [0.1, 0.15) is 12.5 Å². The molecule has 0 aliphatic heterocycles. The lowest BCUT2D eigenvalue weighted by Gasteiger charge is -2.06. The predicted octanol–water partition coefficient (Wildman–Crippen LogP) is 1.61. The molecule has 4 nitrogen and oxygen atoms in total. The Balaban J connectivity index is 2.98. The van der Waals surface area contributed by atoms with E-state index in [0.29, 0.717) is 0 Å². The van der Waals surface area contributed by atoms with E-state index in [1.807, 2.05) is 6.92 Å². The van der Waals surface area contributed by atoms with Crippen LogP contribution in [0.15, 0.2) is 29.2 Å². The second-order valence-corrected chi connectivity index (χ2v) is 4.71. The van der Waals surface area contributed by atoms with Crippen molar-refractivity contribution in [3.8, 4) is 6.07 Å². The van der Waals surface area contributed by atoms with Crippen LogP contribution in [-0.2, 0) is 14.3 Å². The van der Waals surface area contributed by atoms with E-state index < -0.39 is 16.2 Å². The molecule has 5 heteroatoms. The van der Waals surface area contributed by atoms with Crippen LogP contribution < -0.4 is 0 Å². The van der Waals surface area contributed by atoms with E-state index in [0.717, 1.165) is 5.56 Å². The van der Waals surface area contributed by atoms with Gasteiger partial charge in [0.15, 0.2) is 6.10 Å². The van der Waals surface area contributed by atoms with Crippen LogP contribution in [0.5, 0.6) is 0 Å². The Hall–Kier alpha value is -1.38. The second kappa shape index (κ2) is 4.43. The van der Waals surface area contributed by atoms with Gasteiger partial charge in [0.05, 0.1) is 11.0 Å². The Kier molecular flexibility index (Phi) is 3.45. The molecule has 0 spiro atoms. The molecule has 0 saturated carbocycles. The van der Waals surface area contributed by atoms with Gasteiger partial charge in [-0.15, -0.1) is 0 Å². The maximum absolute atomic E-state index is 11.5. The Morgan fingerprint density at radius 3 is 2.33 bits per heavy atom. The third-order valence-electron chi connectivity index (χ3n) is 1.76. The summed E-state index contributed by atoms with van der Waals surface area (Å²) in [6.45, 7) is 3.24. The van der Waals surface area contributed by atoms with Crippen molar-refractivity contribution in [2.45, 2.75) is 24.8 Å². The van der Waals surface area contributed by atoms with Gasteiger partial charge in [-0.3, -0.25) is 0 Å². The Bertz CT molecular complexity index is 470. The van der Waals surface area contributed by atoms with Crippen molar-refractivity contribution in [1.82, 2.24) is 0 Å². The first kappa shape index (κ1) is 11.7. The van der Waals surface area contributed by atoms with E-state index in [1.54, 1.807) is 18.2 Å². The largest absolute Gasteiger partial charge is 0.298 e. The van der Waals surface area contributed by atoms with Crippen molar-refractivity contribution < 1.29 is 12.6 Å². The van der Waals surface area contributed by atoms with Crippen LogP contribution in [-0.4, -0.2) is 14.5 Å². The maximum Gasteiger partial charge on any atom is 0.298 e. The van der Waals surface area contributed by atoms with E-state index in [1.165, 1.54) is 19.1 Å². The Labute approximate surface area is 89.2 Å². The highest BCUT2D eigenvalue weighted by atomic mass is 32.2. The first-order chi connectivity index (χ1) is 6.95. The van der Waals surface area contributed by atoms with Crippen molar-refractivity contribution in [3.05, 3.63) is 29.8 Å². The van der Waals surface area contributed by atoms with Gasteiger partial charge in [-0.2, -0.15) is 13.7 Å². The summed E-state index contributed by atoms with van der Waals surface area (Å²) in [6, 6.07) is 7.95. The van der Waals surface area contributed by atoms with Crippen LogP contribution in [0, 0.1) is 18.3 Å². The SMILES string of the molecule is Cc1ccc(S(=O)(=O)OC(C)C#N)cc1. The quantitative estimate of drug-likeness (QED) is 0.733. The average molecular weight is 225 g/mol. The fraction of sp³-hybridized carbons (Fsp3) is 0.300. The van der Waals surface area contributed by atoms with E-state index in [-0.39, 0.29) is 4.90 Å². The molecule has 0 aliphatic rings. The predicted molar refractivity (Wildman–Crippen MR) is 54.5 cm³/mol. The highest BCUT2D eigenvalue weighted by Crippen LogP contribution is 2.14. The molecule has 1 rings (SSSR count). The topological polar surface area (TPSA) is 67.2 Å². The molecule has 0 radical (unpaired) electrons. The third kappa shape index (κ3) is 3.05. The standard InChI is InChI=1S/C10H11NO3S/c1-8-3-5-10(6-4-8)15(12,13)14-9(2)7-11/h3-6,9H,1-2H3. The zero-order valence-corrected chi connectivity index (χ0v) is 9.28. The molecule has 1 aromatic rings. The van der Waals surface area contributed by atoms with Crippen LogP contribution >= 0.6 is 0 Å². The lowest BCUT2D eigenvalue weighted by molar-refractivity contribution is 0.281. The summed E-state index contributed by atoms with van der Waals surface area (Å²) in [7, 11) is -3.81. The van der Waals surface area contributed by atoms with E-state index in [2.05, 4.69) is 4.18 Å². The number of aryl methyl sites for hydroxylation is 1. The lowest BCUT2D eigenvalue weighted by atomic mass is 10.2. The van der Waals surface area contributed by atoms with Crippen LogP contribution in [0.3, 0.4) is 0 Å². The van der Waals surface area contributed by atoms with E-state index in [4.69, 9.17) is 5.26 Å². The van der Waals surface area contributed by atoms with Gasteiger partial charge in [-0.05, 0) is 26.0 Å². The first-order valence-electron chi connectivity index (χ1n) is 4.35. The highest BCUT2D eigenvalue weighted by molar-refractivity contribution is 7.86. The maximum atomic E-state index is 11.5. The number of rotatable bonds is 3. The normalized spacial score (nSPS) is 13.1. The van der Waals surface area contributed by atoms with Crippen molar-refractivity contribution in [2.75, 3.05) is 0 Å². The smallest absolute Gasteiger partial charge is 0.248 e. The molecule has 0 bridgehead atoms. The summed E-state index contributed by atoms with van der Waals surface area (Å²) >= 11 is 0. The first-order valence-corrected chi connectivity index (χ1v) is 5.76. The van der Waals surface area contributed by atoms with E-state index in [9.17, 15) is 8.42 Å². The van der Waals surface area contributed by atoms with Gasteiger partial charge in [0.1, 0.15) is 0 Å². The van der Waals surface area contributed by atoms with Crippen molar-refractivity contribution >= 4 is 10.1 Å². The molecule has 0 N–H and O–H groups in total. The number of hydrogen-bond donors (Lipinski definition) is 0. The zero-order chi connectivity index (χ0) is 11.5. The molecule has 0 amide bonds. The van der Waals surface area contributed by atoms with Crippen LogP contribution in [0.2, 0.25) is 0 Å². The number of benzene rings is 1. The van der Waals surface area contributed by atoms with Gasteiger partial charge in [-0.25, -0.2) is 4.18 Å². The molecule has 0 aliphatic carbocycles. The van der Waals surface area contributed by atoms with Crippen molar-refractivity contribution in [1.29, 1.82) is 5.26 Å². The molecule has 0 saturated heterocycles. The molecule has 0 heterocycles. The van der Waals surface area contributed by atoms with Gasteiger partial charge in [0.2, 0.25) is 0 Å².